The van der Waals surface area contributed by atoms with Gasteiger partial charge in [-0.2, -0.15) is 0 Å². The lowest BCUT2D eigenvalue weighted by Crippen LogP contribution is -2.30. The van der Waals surface area contributed by atoms with Crippen molar-refractivity contribution in [2.75, 3.05) is 13.2 Å². The molecule has 2 aliphatic rings. The van der Waals surface area contributed by atoms with Crippen molar-refractivity contribution in [2.45, 2.75) is 45.4 Å². The Hall–Kier alpha value is -1.22. The molecule has 4 heteroatoms. The van der Waals surface area contributed by atoms with E-state index in [4.69, 9.17) is 21.1 Å². The molecule has 0 atom stereocenters. The zero-order chi connectivity index (χ0) is 14.9. The topological polar surface area (TPSA) is 35.5 Å². The summed E-state index contributed by atoms with van der Waals surface area (Å²) in [5.41, 5.74) is 0.284. The van der Waals surface area contributed by atoms with Crippen molar-refractivity contribution in [1.29, 1.82) is 0 Å². The lowest BCUT2D eigenvalue weighted by molar-refractivity contribution is 0.0749. The van der Waals surface area contributed by atoms with Gasteiger partial charge < -0.3 is 9.47 Å². The molecular weight excluding hydrogens is 288 g/mol. The van der Waals surface area contributed by atoms with E-state index in [-0.39, 0.29) is 11.2 Å². The maximum atomic E-state index is 12.9. The van der Waals surface area contributed by atoms with Gasteiger partial charge in [0.05, 0.1) is 18.2 Å². The van der Waals surface area contributed by atoms with E-state index in [1.807, 2.05) is 0 Å². The lowest BCUT2D eigenvalue weighted by Gasteiger charge is -2.32. The Kier molecular flexibility index (Phi) is 4.12. The SMILES string of the molecule is CC1(C(=O)c2cc3c(cc2Cl)OCCCO3)CCCCC1. The fourth-order valence-electron chi connectivity index (χ4n) is 3.24. The van der Waals surface area contributed by atoms with Crippen molar-refractivity contribution in [3.63, 3.8) is 0 Å². The number of benzene rings is 1. The van der Waals surface area contributed by atoms with Gasteiger partial charge >= 0.3 is 0 Å². The molecule has 1 saturated carbocycles. The quantitative estimate of drug-likeness (QED) is 0.746. The second-order valence-electron chi connectivity index (χ2n) is 6.28. The first-order chi connectivity index (χ1) is 10.1. The van der Waals surface area contributed by atoms with Gasteiger partial charge in [-0.25, -0.2) is 0 Å². The van der Waals surface area contributed by atoms with Crippen LogP contribution in [0.2, 0.25) is 5.02 Å². The van der Waals surface area contributed by atoms with E-state index in [0.29, 0.717) is 35.3 Å². The van der Waals surface area contributed by atoms with E-state index < -0.39 is 0 Å². The van der Waals surface area contributed by atoms with Gasteiger partial charge in [0.15, 0.2) is 17.3 Å². The summed E-state index contributed by atoms with van der Waals surface area (Å²) in [6.07, 6.45) is 6.17. The summed E-state index contributed by atoms with van der Waals surface area (Å²) in [6, 6.07) is 3.49. The first kappa shape index (κ1) is 14.7. The van der Waals surface area contributed by atoms with Gasteiger partial charge in [0.1, 0.15) is 0 Å². The molecule has 0 bridgehead atoms. The third-order valence-electron chi connectivity index (χ3n) is 4.59. The number of ketones is 1. The average Bonchev–Trinajstić information content (AvgIpc) is 2.71. The minimum Gasteiger partial charge on any atom is -0.490 e. The third kappa shape index (κ3) is 2.89. The first-order valence-corrected chi connectivity index (χ1v) is 8.12. The number of hydrogen-bond donors (Lipinski definition) is 0. The molecule has 0 unspecified atom stereocenters. The number of Topliss-reactive ketones (excluding diaryl/α,β-unsaturated/α-hetero) is 1. The zero-order valence-electron chi connectivity index (χ0n) is 12.4. The smallest absolute Gasteiger partial charge is 0.170 e. The minimum absolute atomic E-state index is 0.142. The predicted octanol–water partition coefficient (Wildman–Crippen LogP) is 4.65. The Labute approximate surface area is 130 Å². The summed E-state index contributed by atoms with van der Waals surface area (Å²) in [6.45, 7) is 3.29. The van der Waals surface area contributed by atoms with Crippen LogP contribution in [0.15, 0.2) is 12.1 Å². The van der Waals surface area contributed by atoms with Gasteiger partial charge in [-0.3, -0.25) is 4.79 Å². The van der Waals surface area contributed by atoms with Gasteiger partial charge in [-0.1, -0.05) is 37.8 Å². The second kappa shape index (κ2) is 5.88. The molecule has 1 heterocycles. The standard InChI is InChI=1S/C17H21ClO3/c1-17(6-3-2-4-7-17)16(19)12-10-14-15(11-13(12)18)21-9-5-8-20-14/h10-11H,2-9H2,1H3. The van der Waals surface area contributed by atoms with Crippen LogP contribution in [-0.2, 0) is 0 Å². The lowest BCUT2D eigenvalue weighted by atomic mass is 9.71. The summed E-state index contributed by atoms with van der Waals surface area (Å²) in [5.74, 6) is 1.42. The summed E-state index contributed by atoms with van der Waals surface area (Å²) >= 11 is 6.33. The number of fused-ring (bicyclic) bond motifs is 1. The first-order valence-electron chi connectivity index (χ1n) is 7.74. The number of rotatable bonds is 2. The number of carbonyl (C=O) groups excluding carboxylic acids is 1. The molecule has 21 heavy (non-hydrogen) atoms. The highest BCUT2D eigenvalue weighted by Crippen LogP contribution is 2.42. The van der Waals surface area contributed by atoms with Crippen molar-refractivity contribution in [1.82, 2.24) is 0 Å². The van der Waals surface area contributed by atoms with Crippen molar-refractivity contribution in [2.24, 2.45) is 5.41 Å². The molecule has 0 radical (unpaired) electrons. The van der Waals surface area contributed by atoms with Crippen LogP contribution in [0.5, 0.6) is 11.5 Å². The Balaban J connectivity index is 1.94. The molecule has 114 valence electrons. The van der Waals surface area contributed by atoms with Crippen LogP contribution in [0.4, 0.5) is 0 Å². The van der Waals surface area contributed by atoms with Gasteiger partial charge in [0.25, 0.3) is 0 Å². The van der Waals surface area contributed by atoms with E-state index >= 15 is 0 Å². The normalized spacial score (nSPS) is 20.7. The molecule has 1 fully saturated rings. The molecule has 0 N–H and O–H groups in total. The summed E-state index contributed by atoms with van der Waals surface area (Å²) in [5, 5.41) is 0.469. The molecule has 0 aromatic heterocycles. The molecule has 1 aromatic rings. The van der Waals surface area contributed by atoms with E-state index in [1.54, 1.807) is 12.1 Å². The van der Waals surface area contributed by atoms with Crippen LogP contribution in [0.1, 0.15) is 55.8 Å². The zero-order valence-corrected chi connectivity index (χ0v) is 13.2. The maximum Gasteiger partial charge on any atom is 0.170 e. The van der Waals surface area contributed by atoms with Crippen LogP contribution < -0.4 is 9.47 Å². The highest BCUT2D eigenvalue weighted by Gasteiger charge is 2.36. The summed E-state index contributed by atoms with van der Waals surface area (Å²) in [7, 11) is 0. The van der Waals surface area contributed by atoms with Crippen LogP contribution >= 0.6 is 11.6 Å². The Morgan fingerprint density at radius 1 is 1.05 bits per heavy atom. The molecule has 0 saturated heterocycles. The fourth-order valence-corrected chi connectivity index (χ4v) is 3.48. The van der Waals surface area contributed by atoms with E-state index in [9.17, 15) is 4.79 Å². The van der Waals surface area contributed by atoms with Crippen molar-refractivity contribution in [3.05, 3.63) is 22.7 Å². The van der Waals surface area contributed by atoms with Gasteiger partial charge in [0, 0.05) is 23.5 Å². The molecule has 3 rings (SSSR count). The largest absolute Gasteiger partial charge is 0.490 e. The van der Waals surface area contributed by atoms with Crippen molar-refractivity contribution in [3.8, 4) is 11.5 Å². The molecule has 1 aliphatic carbocycles. The van der Waals surface area contributed by atoms with Crippen LogP contribution in [0.25, 0.3) is 0 Å². The number of halogens is 1. The predicted molar refractivity (Wildman–Crippen MR) is 82.6 cm³/mol. The van der Waals surface area contributed by atoms with Gasteiger partial charge in [-0.15, -0.1) is 0 Å². The summed E-state index contributed by atoms with van der Waals surface area (Å²) in [4.78, 5) is 12.9. The van der Waals surface area contributed by atoms with Crippen LogP contribution in [-0.4, -0.2) is 19.0 Å². The van der Waals surface area contributed by atoms with E-state index in [1.165, 1.54) is 6.42 Å². The number of carbonyl (C=O) groups is 1. The number of ether oxygens (including phenoxy) is 2. The highest BCUT2D eigenvalue weighted by atomic mass is 35.5. The summed E-state index contributed by atoms with van der Waals surface area (Å²) < 4.78 is 11.3. The molecule has 1 aliphatic heterocycles. The monoisotopic (exact) mass is 308 g/mol. The highest BCUT2D eigenvalue weighted by molar-refractivity contribution is 6.34. The van der Waals surface area contributed by atoms with Gasteiger partial charge in [0.2, 0.25) is 0 Å². The van der Waals surface area contributed by atoms with Crippen molar-refractivity contribution >= 4 is 17.4 Å². The molecule has 0 amide bonds. The average molecular weight is 309 g/mol. The third-order valence-corrected chi connectivity index (χ3v) is 4.90. The molecule has 0 spiro atoms. The van der Waals surface area contributed by atoms with Crippen molar-refractivity contribution < 1.29 is 14.3 Å². The molecular formula is C17H21ClO3. The van der Waals surface area contributed by atoms with E-state index in [2.05, 4.69) is 6.92 Å². The Bertz CT molecular complexity index is 547. The van der Waals surface area contributed by atoms with Crippen LogP contribution in [0, 0.1) is 5.41 Å². The van der Waals surface area contributed by atoms with Crippen LogP contribution in [0.3, 0.4) is 0 Å². The Morgan fingerprint density at radius 2 is 1.67 bits per heavy atom. The fraction of sp³-hybridized carbons (Fsp3) is 0.588. The molecule has 1 aromatic carbocycles. The number of hydrogen-bond acceptors (Lipinski definition) is 3. The Morgan fingerprint density at radius 3 is 2.33 bits per heavy atom. The minimum atomic E-state index is -0.290. The molecule has 3 nitrogen and oxygen atoms in total. The second-order valence-corrected chi connectivity index (χ2v) is 6.69. The maximum absolute atomic E-state index is 12.9. The van der Waals surface area contributed by atoms with Gasteiger partial charge in [-0.05, 0) is 18.9 Å². The van der Waals surface area contributed by atoms with E-state index in [0.717, 1.165) is 32.1 Å².